The molecule has 2 aromatic rings. The molecule has 0 radical (unpaired) electrons. The molecule has 2 fully saturated rings. The van der Waals surface area contributed by atoms with E-state index in [1.165, 1.54) is 42.5 Å². The van der Waals surface area contributed by atoms with E-state index in [2.05, 4.69) is 54.0 Å². The molecule has 0 amide bonds. The molecule has 2 aliphatic carbocycles. The summed E-state index contributed by atoms with van der Waals surface area (Å²) in [7, 11) is 0. The van der Waals surface area contributed by atoms with Gasteiger partial charge in [0.2, 0.25) is 0 Å². The second kappa shape index (κ2) is 6.14. The molecule has 1 spiro atoms. The zero-order chi connectivity index (χ0) is 17.6. The largest absolute Gasteiger partial charge is 0.270 e. The predicted octanol–water partition coefficient (Wildman–Crippen LogP) is 5.89. The third-order valence-electron chi connectivity index (χ3n) is 6.54. The fourth-order valence-electron chi connectivity index (χ4n) is 4.73. The van der Waals surface area contributed by atoms with Crippen LogP contribution >= 0.6 is 11.6 Å². The molecule has 1 aliphatic heterocycles. The van der Waals surface area contributed by atoms with Crippen LogP contribution in [0, 0.1) is 0 Å². The number of benzene rings is 2. The van der Waals surface area contributed by atoms with E-state index in [1.807, 2.05) is 12.1 Å². The zero-order valence-electron chi connectivity index (χ0n) is 14.9. The Morgan fingerprint density at radius 1 is 0.885 bits per heavy atom. The van der Waals surface area contributed by atoms with Crippen molar-refractivity contribution in [3.63, 3.8) is 0 Å². The molecule has 3 aliphatic rings. The van der Waals surface area contributed by atoms with E-state index in [1.54, 1.807) is 0 Å². The highest BCUT2D eigenvalue weighted by molar-refractivity contribution is 6.30. The van der Waals surface area contributed by atoms with Gasteiger partial charge >= 0.3 is 0 Å². The maximum atomic E-state index is 6.18. The van der Waals surface area contributed by atoms with E-state index in [9.17, 15) is 0 Å². The van der Waals surface area contributed by atoms with Crippen molar-refractivity contribution < 1.29 is 4.84 Å². The van der Waals surface area contributed by atoms with Crippen LogP contribution < -0.4 is 5.48 Å². The van der Waals surface area contributed by atoms with Crippen molar-refractivity contribution >= 4 is 11.6 Å². The number of hydroxylamine groups is 1. The highest BCUT2D eigenvalue weighted by atomic mass is 35.5. The summed E-state index contributed by atoms with van der Waals surface area (Å²) in [6.45, 7) is 0. The fraction of sp³-hybridized carbons (Fsp3) is 0.391. The van der Waals surface area contributed by atoms with Crippen LogP contribution in [0.2, 0.25) is 5.02 Å². The van der Waals surface area contributed by atoms with Gasteiger partial charge in [0.25, 0.3) is 0 Å². The number of allylic oxidation sites excluding steroid dienone is 1. The Hall–Kier alpha value is -1.77. The molecule has 0 saturated heterocycles. The van der Waals surface area contributed by atoms with Gasteiger partial charge in [-0.1, -0.05) is 54.1 Å². The van der Waals surface area contributed by atoms with Gasteiger partial charge in [-0.05, 0) is 73.8 Å². The zero-order valence-corrected chi connectivity index (χ0v) is 15.6. The van der Waals surface area contributed by atoms with Crippen molar-refractivity contribution in [1.82, 2.24) is 5.48 Å². The third kappa shape index (κ3) is 2.76. The Labute approximate surface area is 160 Å². The van der Waals surface area contributed by atoms with Crippen molar-refractivity contribution in [3.8, 4) is 0 Å². The van der Waals surface area contributed by atoms with E-state index in [-0.39, 0.29) is 11.0 Å². The minimum absolute atomic E-state index is 0.115. The molecular weight excluding hydrogens is 342 g/mol. The van der Waals surface area contributed by atoms with Gasteiger partial charge in [-0.25, -0.2) is 0 Å². The summed E-state index contributed by atoms with van der Waals surface area (Å²) >= 11 is 6.07. The first kappa shape index (κ1) is 16.4. The van der Waals surface area contributed by atoms with Crippen molar-refractivity contribution in [2.75, 3.05) is 0 Å². The minimum Gasteiger partial charge on any atom is -0.270 e. The SMILES string of the molecule is Clc1ccc(C2(C3=CC4(CCC(c5ccccc5)CC4)ON3)CC2)cc1. The first-order valence-electron chi connectivity index (χ1n) is 9.68. The number of hydrogen-bond donors (Lipinski definition) is 1. The van der Waals surface area contributed by atoms with Crippen LogP contribution in [0.1, 0.15) is 55.6 Å². The Balaban J connectivity index is 1.34. The lowest BCUT2D eigenvalue weighted by atomic mass is 9.75. The summed E-state index contributed by atoms with van der Waals surface area (Å²) in [5.74, 6) is 0.661. The lowest BCUT2D eigenvalue weighted by Crippen LogP contribution is -2.34. The van der Waals surface area contributed by atoms with Gasteiger partial charge in [-0.15, -0.1) is 0 Å². The van der Waals surface area contributed by atoms with Crippen molar-refractivity contribution in [3.05, 3.63) is 82.5 Å². The van der Waals surface area contributed by atoms with Gasteiger partial charge in [0.1, 0.15) is 5.60 Å². The molecule has 26 heavy (non-hydrogen) atoms. The standard InChI is InChI=1S/C23H24ClNO/c24-20-8-6-19(7-9-20)23(14-15-23)21-16-22(26-25-21)12-10-18(11-13-22)17-4-2-1-3-5-17/h1-9,16,18,25H,10-15H2. The van der Waals surface area contributed by atoms with E-state index in [4.69, 9.17) is 16.4 Å². The van der Waals surface area contributed by atoms with Gasteiger partial charge < -0.3 is 0 Å². The topological polar surface area (TPSA) is 21.3 Å². The Morgan fingerprint density at radius 2 is 1.58 bits per heavy atom. The third-order valence-corrected chi connectivity index (χ3v) is 6.79. The van der Waals surface area contributed by atoms with E-state index in [0.717, 1.165) is 17.9 Å². The molecule has 0 bridgehead atoms. The van der Waals surface area contributed by atoms with E-state index >= 15 is 0 Å². The van der Waals surface area contributed by atoms with Crippen LogP contribution in [0.4, 0.5) is 0 Å². The van der Waals surface area contributed by atoms with Gasteiger partial charge in [0, 0.05) is 16.1 Å². The average molecular weight is 366 g/mol. The second-order valence-electron chi connectivity index (χ2n) is 8.10. The van der Waals surface area contributed by atoms with Gasteiger partial charge in [0.15, 0.2) is 0 Å². The Bertz CT molecular complexity index is 815. The number of nitrogens with one attached hydrogen (secondary N) is 1. The van der Waals surface area contributed by atoms with Crippen molar-refractivity contribution in [2.24, 2.45) is 0 Å². The molecule has 0 aromatic heterocycles. The monoisotopic (exact) mass is 365 g/mol. The normalized spacial score (nSPS) is 29.3. The van der Waals surface area contributed by atoms with Crippen LogP contribution in [0.5, 0.6) is 0 Å². The summed E-state index contributed by atoms with van der Waals surface area (Å²) in [5, 5.41) is 0.796. The highest BCUT2D eigenvalue weighted by Gasteiger charge is 2.52. The van der Waals surface area contributed by atoms with Crippen LogP contribution in [0.3, 0.4) is 0 Å². The van der Waals surface area contributed by atoms with Gasteiger partial charge in [-0.3, -0.25) is 10.3 Å². The molecule has 0 atom stereocenters. The maximum Gasteiger partial charge on any atom is 0.116 e. The number of halogens is 1. The van der Waals surface area contributed by atoms with Crippen LogP contribution in [0.25, 0.3) is 0 Å². The lowest BCUT2D eigenvalue weighted by Gasteiger charge is -2.34. The van der Waals surface area contributed by atoms with Crippen LogP contribution in [-0.4, -0.2) is 5.60 Å². The van der Waals surface area contributed by atoms with Gasteiger partial charge in [0.05, 0.1) is 0 Å². The average Bonchev–Trinajstić information content (AvgIpc) is 3.40. The quantitative estimate of drug-likeness (QED) is 0.732. The molecule has 0 unspecified atom stereocenters. The minimum atomic E-state index is -0.122. The van der Waals surface area contributed by atoms with Crippen molar-refractivity contribution in [2.45, 2.75) is 55.5 Å². The molecular formula is C23H24ClNO. The Kier molecular flexibility index (Phi) is 3.88. The van der Waals surface area contributed by atoms with Crippen LogP contribution in [-0.2, 0) is 10.3 Å². The van der Waals surface area contributed by atoms with E-state index in [0.29, 0.717) is 5.92 Å². The molecule has 134 valence electrons. The molecule has 2 saturated carbocycles. The first-order valence-corrected chi connectivity index (χ1v) is 10.1. The summed E-state index contributed by atoms with van der Waals surface area (Å²) in [5.41, 5.74) is 7.39. The Morgan fingerprint density at radius 3 is 2.23 bits per heavy atom. The molecule has 1 heterocycles. The van der Waals surface area contributed by atoms with Gasteiger partial charge in [-0.2, -0.15) is 0 Å². The highest BCUT2D eigenvalue weighted by Crippen LogP contribution is 2.56. The molecule has 2 nitrogen and oxygen atoms in total. The second-order valence-corrected chi connectivity index (χ2v) is 8.54. The lowest BCUT2D eigenvalue weighted by molar-refractivity contribution is -0.0647. The first-order chi connectivity index (χ1) is 12.7. The summed E-state index contributed by atoms with van der Waals surface area (Å²) in [6, 6.07) is 19.2. The molecule has 2 aromatic carbocycles. The maximum absolute atomic E-state index is 6.18. The smallest absolute Gasteiger partial charge is 0.116 e. The molecule has 3 heteroatoms. The van der Waals surface area contributed by atoms with Crippen LogP contribution in [0.15, 0.2) is 66.4 Å². The van der Waals surface area contributed by atoms with Crippen molar-refractivity contribution in [1.29, 1.82) is 0 Å². The number of rotatable bonds is 3. The molecule has 1 N–H and O–H groups in total. The summed E-state index contributed by atoms with van der Waals surface area (Å²) in [4.78, 5) is 6.18. The van der Waals surface area contributed by atoms with E-state index < -0.39 is 0 Å². The number of hydrogen-bond acceptors (Lipinski definition) is 2. The molecule has 5 rings (SSSR count). The predicted molar refractivity (Wildman–Crippen MR) is 105 cm³/mol. The summed E-state index contributed by atoms with van der Waals surface area (Å²) in [6.07, 6.45) is 9.29. The fourth-order valence-corrected chi connectivity index (χ4v) is 4.86. The summed E-state index contributed by atoms with van der Waals surface area (Å²) < 4.78 is 0.